The van der Waals surface area contributed by atoms with Crippen molar-refractivity contribution in [2.45, 2.75) is 20.3 Å². The Balaban J connectivity index is 2.57. The average Bonchev–Trinajstić information content (AvgIpc) is 2.67. The van der Waals surface area contributed by atoms with Crippen molar-refractivity contribution in [3.05, 3.63) is 70.1 Å². The molecule has 26 heavy (non-hydrogen) atoms. The van der Waals surface area contributed by atoms with E-state index < -0.39 is 0 Å². The summed E-state index contributed by atoms with van der Waals surface area (Å²) in [7, 11) is 1.47. The number of phenols is 1. The number of rotatable bonds is 6. The van der Waals surface area contributed by atoms with Gasteiger partial charge in [0, 0.05) is 0 Å². The van der Waals surface area contributed by atoms with Gasteiger partial charge in [0.25, 0.3) is 0 Å². The van der Waals surface area contributed by atoms with Crippen molar-refractivity contribution >= 4 is 16.8 Å². The molecule has 0 aliphatic rings. The van der Waals surface area contributed by atoms with E-state index in [1.165, 1.54) is 13.2 Å². The van der Waals surface area contributed by atoms with Gasteiger partial charge in [0.1, 0.15) is 11.8 Å². The normalized spacial score (nSPS) is 11.3. The monoisotopic (exact) mass is 348 g/mol. The molecule has 1 N–H and O–H groups in total. The van der Waals surface area contributed by atoms with Gasteiger partial charge in [-0.2, -0.15) is 5.26 Å². The third-order valence-electron chi connectivity index (χ3n) is 4.30. The smallest absolute Gasteiger partial charge is 0.161 e. The number of hydrogen-bond donors (Lipinski definition) is 1. The van der Waals surface area contributed by atoms with Gasteiger partial charge in [0.05, 0.1) is 12.7 Å². The van der Waals surface area contributed by atoms with Crippen LogP contribution in [0.4, 0.5) is 5.69 Å². The zero-order valence-electron chi connectivity index (χ0n) is 15.0. The van der Waals surface area contributed by atoms with E-state index in [0.29, 0.717) is 29.0 Å². The zero-order chi connectivity index (χ0) is 19.3. The molecule has 0 amide bonds. The zero-order valence-corrected chi connectivity index (χ0v) is 15.0. The molecule has 0 unspecified atom stereocenters. The molecular formula is C21H20N2O3. The van der Waals surface area contributed by atoms with Gasteiger partial charge >= 0.3 is 0 Å². The van der Waals surface area contributed by atoms with E-state index in [1.807, 2.05) is 13.8 Å². The third-order valence-corrected chi connectivity index (χ3v) is 4.30. The molecule has 2 aromatic carbocycles. The van der Waals surface area contributed by atoms with Crippen LogP contribution >= 0.6 is 0 Å². The predicted octanol–water partition coefficient (Wildman–Crippen LogP) is 5.37. The third kappa shape index (κ3) is 3.65. The molecule has 2 rings (SSSR count). The summed E-state index contributed by atoms with van der Waals surface area (Å²) >= 11 is 0. The summed E-state index contributed by atoms with van der Waals surface area (Å²) in [6.45, 7) is 7.89. The van der Waals surface area contributed by atoms with Crippen LogP contribution < -0.4 is 4.74 Å². The molecule has 5 heteroatoms. The topological polar surface area (TPSA) is 82.7 Å². The Bertz CT molecular complexity index is 937. The average molecular weight is 348 g/mol. The molecule has 0 saturated carbocycles. The fourth-order valence-corrected chi connectivity index (χ4v) is 2.79. The van der Waals surface area contributed by atoms with Crippen LogP contribution in [0.15, 0.2) is 53.7 Å². The number of nitrogens with zero attached hydrogens (tertiary/aromatic N) is 2. The van der Waals surface area contributed by atoms with Gasteiger partial charge in [-0.25, -0.2) is 0 Å². The van der Waals surface area contributed by atoms with Gasteiger partial charge in [-0.15, -0.1) is 4.91 Å². The SMILES string of the molecule is C=C(/C(C#N)=C(\C)c1ccc(O)c(OC)c1)c1ccc(N=O)cc1CC. The summed E-state index contributed by atoms with van der Waals surface area (Å²) in [5.74, 6) is 0.368. The molecular weight excluding hydrogens is 328 g/mol. The van der Waals surface area contributed by atoms with Crippen LogP contribution in [0.3, 0.4) is 0 Å². The van der Waals surface area contributed by atoms with Gasteiger partial charge in [-0.3, -0.25) is 0 Å². The Morgan fingerprint density at radius 1 is 1.31 bits per heavy atom. The minimum Gasteiger partial charge on any atom is -0.504 e. The van der Waals surface area contributed by atoms with Gasteiger partial charge in [0.15, 0.2) is 11.5 Å². The highest BCUT2D eigenvalue weighted by molar-refractivity contribution is 5.92. The van der Waals surface area contributed by atoms with Crippen molar-refractivity contribution in [1.82, 2.24) is 0 Å². The van der Waals surface area contributed by atoms with E-state index in [2.05, 4.69) is 17.8 Å². The minimum atomic E-state index is 0.0339. The van der Waals surface area contributed by atoms with E-state index in [0.717, 1.165) is 22.3 Å². The number of allylic oxidation sites excluding steroid dienone is 3. The highest BCUT2D eigenvalue weighted by Gasteiger charge is 2.15. The van der Waals surface area contributed by atoms with Gasteiger partial charge in [-0.05, 0) is 70.6 Å². The number of phenolic OH excluding ortho intramolecular Hbond substituents is 1. The maximum absolute atomic E-state index is 10.8. The Labute approximate surface area is 152 Å². The first-order valence-electron chi connectivity index (χ1n) is 8.11. The highest BCUT2D eigenvalue weighted by Crippen LogP contribution is 2.35. The number of methoxy groups -OCH3 is 1. The summed E-state index contributed by atoms with van der Waals surface area (Å²) in [4.78, 5) is 10.8. The van der Waals surface area contributed by atoms with Gasteiger partial charge in [0.2, 0.25) is 0 Å². The Kier molecular flexibility index (Phi) is 5.92. The fourth-order valence-electron chi connectivity index (χ4n) is 2.79. The molecule has 0 spiro atoms. The molecule has 0 radical (unpaired) electrons. The lowest BCUT2D eigenvalue weighted by molar-refractivity contribution is 0.373. The first-order chi connectivity index (χ1) is 12.5. The summed E-state index contributed by atoms with van der Waals surface area (Å²) in [6.07, 6.45) is 0.683. The number of aromatic hydroxyl groups is 1. The molecule has 132 valence electrons. The lowest BCUT2D eigenvalue weighted by Crippen LogP contribution is -1.96. The summed E-state index contributed by atoms with van der Waals surface area (Å²) in [5.41, 5.74) is 4.53. The largest absolute Gasteiger partial charge is 0.504 e. The molecule has 2 aromatic rings. The Morgan fingerprint density at radius 2 is 2.04 bits per heavy atom. The summed E-state index contributed by atoms with van der Waals surface area (Å²) in [6, 6.07) is 12.2. The van der Waals surface area contributed by atoms with Crippen molar-refractivity contribution in [3.63, 3.8) is 0 Å². The number of benzene rings is 2. The second-order valence-electron chi connectivity index (χ2n) is 5.76. The molecule has 0 aliphatic heterocycles. The van der Waals surface area contributed by atoms with Crippen LogP contribution in [0.2, 0.25) is 0 Å². The standard InChI is InChI=1S/C21H20N2O3/c1-5-15-10-17(23-25)7-8-18(15)14(3)19(12-22)13(2)16-6-9-20(24)21(11-16)26-4/h6-11,24H,3,5H2,1-2,4H3/b19-13+. The molecule has 0 atom stereocenters. The first-order valence-corrected chi connectivity index (χ1v) is 8.11. The van der Waals surface area contributed by atoms with Crippen LogP contribution in [0, 0.1) is 16.2 Å². The minimum absolute atomic E-state index is 0.0339. The lowest BCUT2D eigenvalue weighted by atomic mass is 9.90. The summed E-state index contributed by atoms with van der Waals surface area (Å²) < 4.78 is 5.14. The number of aryl methyl sites for hydroxylation is 1. The van der Waals surface area contributed by atoms with Crippen LogP contribution in [-0.4, -0.2) is 12.2 Å². The number of hydrogen-bond acceptors (Lipinski definition) is 5. The van der Waals surface area contributed by atoms with E-state index in [-0.39, 0.29) is 5.75 Å². The molecule has 0 saturated heterocycles. The second-order valence-corrected chi connectivity index (χ2v) is 5.76. The van der Waals surface area contributed by atoms with Crippen molar-refractivity contribution < 1.29 is 9.84 Å². The fraction of sp³-hybridized carbons (Fsp3) is 0.190. The maximum atomic E-state index is 10.8. The van der Waals surface area contributed by atoms with E-state index in [1.54, 1.807) is 30.3 Å². The predicted molar refractivity (Wildman–Crippen MR) is 103 cm³/mol. The molecule has 0 heterocycles. The first kappa shape index (κ1) is 18.9. The number of ether oxygens (including phenoxy) is 1. The molecule has 0 aromatic heterocycles. The van der Waals surface area contributed by atoms with Gasteiger partial charge in [-0.1, -0.05) is 25.6 Å². The number of nitroso groups, excluding NO2 is 1. The van der Waals surface area contributed by atoms with Crippen molar-refractivity contribution in [2.24, 2.45) is 5.18 Å². The molecule has 0 fully saturated rings. The van der Waals surface area contributed by atoms with Crippen molar-refractivity contribution in [1.29, 1.82) is 5.26 Å². The van der Waals surface area contributed by atoms with E-state index in [4.69, 9.17) is 4.74 Å². The van der Waals surface area contributed by atoms with E-state index >= 15 is 0 Å². The maximum Gasteiger partial charge on any atom is 0.161 e. The second kappa shape index (κ2) is 8.13. The van der Waals surface area contributed by atoms with Crippen LogP contribution in [-0.2, 0) is 6.42 Å². The quantitative estimate of drug-likeness (QED) is 0.432. The molecule has 0 aliphatic carbocycles. The van der Waals surface area contributed by atoms with E-state index in [9.17, 15) is 15.3 Å². The summed E-state index contributed by atoms with van der Waals surface area (Å²) in [5, 5.41) is 22.4. The Hall–Kier alpha value is -3.39. The number of nitriles is 1. The van der Waals surface area contributed by atoms with Crippen LogP contribution in [0.1, 0.15) is 30.5 Å². The van der Waals surface area contributed by atoms with Gasteiger partial charge < -0.3 is 9.84 Å². The highest BCUT2D eigenvalue weighted by atomic mass is 16.5. The van der Waals surface area contributed by atoms with Crippen molar-refractivity contribution in [3.8, 4) is 17.6 Å². The molecule has 0 bridgehead atoms. The molecule has 5 nitrogen and oxygen atoms in total. The van der Waals surface area contributed by atoms with Crippen molar-refractivity contribution in [2.75, 3.05) is 7.11 Å². The Morgan fingerprint density at radius 3 is 2.62 bits per heavy atom. The van der Waals surface area contributed by atoms with Crippen LogP contribution in [0.5, 0.6) is 11.5 Å². The lowest BCUT2D eigenvalue weighted by Gasteiger charge is -2.14. The van der Waals surface area contributed by atoms with Crippen LogP contribution in [0.25, 0.3) is 11.1 Å².